The molecule has 0 aliphatic carbocycles. The Balaban J connectivity index is 0.00000450. The quantitative estimate of drug-likeness (QED) is 0.279. The monoisotopic (exact) mass is 526 g/mol. The van der Waals surface area contributed by atoms with Gasteiger partial charge in [0.1, 0.15) is 0 Å². The number of carbonyl (C=O) groups is 1. The Labute approximate surface area is 197 Å². The van der Waals surface area contributed by atoms with E-state index >= 15 is 0 Å². The zero-order valence-corrected chi connectivity index (χ0v) is 21.2. The summed E-state index contributed by atoms with van der Waals surface area (Å²) in [6.45, 7) is 8.91. The zero-order valence-electron chi connectivity index (χ0n) is 18.9. The lowest BCUT2D eigenvalue weighted by Gasteiger charge is -2.18. The molecule has 0 fully saturated rings. The fourth-order valence-corrected chi connectivity index (χ4v) is 3.29. The van der Waals surface area contributed by atoms with Crippen LogP contribution in [0.3, 0.4) is 0 Å². The van der Waals surface area contributed by atoms with Crippen LogP contribution in [0.25, 0.3) is 0 Å². The minimum atomic E-state index is 0. The molecule has 0 spiro atoms. The molecule has 1 amide bonds. The van der Waals surface area contributed by atoms with Gasteiger partial charge >= 0.3 is 0 Å². The highest BCUT2D eigenvalue weighted by Gasteiger charge is 2.14. The molecule has 8 heteroatoms. The molecule has 1 heterocycles. The molecule has 0 saturated carbocycles. The number of anilines is 1. The van der Waals surface area contributed by atoms with Crippen molar-refractivity contribution in [3.8, 4) is 0 Å². The number of aryl methyl sites for hydroxylation is 2. The molecule has 2 rings (SSSR count). The standard InChI is InChI=1S/C22H34N6O.HI/c1-7-9-21(29)26-19-11-8-10-18(13-19)14-24-22(23-5)25-15(2)12-20-16(3)27-28(6)17(20)4;/h8,10-11,13,15H,7,9,12,14H2,1-6H3,(H,26,29)(H2,23,24,25);1H. The number of benzene rings is 1. The molecule has 30 heavy (non-hydrogen) atoms. The third kappa shape index (κ3) is 7.62. The molecular formula is C22H35IN6O. The summed E-state index contributed by atoms with van der Waals surface area (Å²) in [5.74, 6) is 0.794. The van der Waals surface area contributed by atoms with Gasteiger partial charge in [-0.2, -0.15) is 5.10 Å². The van der Waals surface area contributed by atoms with E-state index in [-0.39, 0.29) is 35.9 Å². The number of hydrogen-bond donors (Lipinski definition) is 3. The number of hydrogen-bond acceptors (Lipinski definition) is 3. The van der Waals surface area contributed by atoms with Crippen molar-refractivity contribution in [1.82, 2.24) is 20.4 Å². The van der Waals surface area contributed by atoms with E-state index in [0.29, 0.717) is 13.0 Å². The van der Waals surface area contributed by atoms with E-state index < -0.39 is 0 Å². The van der Waals surface area contributed by atoms with Crippen LogP contribution >= 0.6 is 24.0 Å². The summed E-state index contributed by atoms with van der Waals surface area (Å²) in [5, 5.41) is 14.2. The molecule has 166 valence electrons. The van der Waals surface area contributed by atoms with Crippen molar-refractivity contribution < 1.29 is 4.79 Å². The molecule has 1 atom stereocenters. The zero-order chi connectivity index (χ0) is 21.4. The van der Waals surface area contributed by atoms with E-state index in [1.165, 1.54) is 11.3 Å². The largest absolute Gasteiger partial charge is 0.354 e. The highest BCUT2D eigenvalue weighted by atomic mass is 127. The number of rotatable bonds is 8. The molecule has 1 aromatic heterocycles. The first-order valence-electron chi connectivity index (χ1n) is 10.2. The Morgan fingerprint density at radius 3 is 2.63 bits per heavy atom. The van der Waals surface area contributed by atoms with E-state index in [1.54, 1.807) is 7.05 Å². The Bertz CT molecular complexity index is 861. The summed E-state index contributed by atoms with van der Waals surface area (Å²) in [7, 11) is 3.74. The molecule has 0 saturated heterocycles. The topological polar surface area (TPSA) is 83.3 Å². The van der Waals surface area contributed by atoms with Gasteiger partial charge in [-0.05, 0) is 56.9 Å². The molecule has 3 N–H and O–H groups in total. The number of carbonyl (C=O) groups excluding carboxylic acids is 1. The summed E-state index contributed by atoms with van der Waals surface area (Å²) in [5.41, 5.74) is 5.44. The molecule has 0 bridgehead atoms. The number of nitrogens with zero attached hydrogens (tertiary/aromatic N) is 3. The SMILES string of the molecule is CCCC(=O)Nc1cccc(CNC(=NC)NC(C)Cc2c(C)nn(C)c2C)c1.I. The Morgan fingerprint density at radius 1 is 1.30 bits per heavy atom. The Kier molecular flexibility index (Phi) is 10.9. The van der Waals surface area contributed by atoms with Crippen molar-refractivity contribution in [3.05, 3.63) is 46.8 Å². The maximum absolute atomic E-state index is 11.8. The summed E-state index contributed by atoms with van der Waals surface area (Å²) < 4.78 is 1.93. The van der Waals surface area contributed by atoms with Gasteiger partial charge < -0.3 is 16.0 Å². The highest BCUT2D eigenvalue weighted by molar-refractivity contribution is 14.0. The van der Waals surface area contributed by atoms with Crippen molar-refractivity contribution in [2.24, 2.45) is 12.0 Å². The molecule has 0 radical (unpaired) electrons. The normalized spacial score (nSPS) is 12.1. The van der Waals surface area contributed by atoms with Crippen LogP contribution in [0, 0.1) is 13.8 Å². The number of amides is 1. The maximum atomic E-state index is 11.8. The second-order valence-electron chi connectivity index (χ2n) is 7.45. The second-order valence-corrected chi connectivity index (χ2v) is 7.45. The average Bonchev–Trinajstić information content (AvgIpc) is 2.91. The van der Waals surface area contributed by atoms with Crippen molar-refractivity contribution in [1.29, 1.82) is 0 Å². The van der Waals surface area contributed by atoms with Crippen molar-refractivity contribution in [2.45, 2.75) is 59.5 Å². The van der Waals surface area contributed by atoms with Crippen LogP contribution in [0.15, 0.2) is 29.3 Å². The fourth-order valence-electron chi connectivity index (χ4n) is 3.29. The van der Waals surface area contributed by atoms with Gasteiger partial charge in [0, 0.05) is 44.5 Å². The Hall–Kier alpha value is -2.10. The van der Waals surface area contributed by atoms with E-state index in [1.807, 2.05) is 42.9 Å². The molecular weight excluding hydrogens is 491 g/mol. The third-order valence-corrected chi connectivity index (χ3v) is 4.92. The van der Waals surface area contributed by atoms with Gasteiger partial charge in [0.25, 0.3) is 0 Å². The average molecular weight is 526 g/mol. The minimum absolute atomic E-state index is 0. The highest BCUT2D eigenvalue weighted by Crippen LogP contribution is 2.14. The Morgan fingerprint density at radius 2 is 2.03 bits per heavy atom. The third-order valence-electron chi connectivity index (χ3n) is 4.92. The second kappa shape index (κ2) is 12.6. The first-order chi connectivity index (χ1) is 13.8. The predicted molar refractivity (Wildman–Crippen MR) is 135 cm³/mol. The summed E-state index contributed by atoms with van der Waals surface area (Å²) in [4.78, 5) is 16.1. The van der Waals surface area contributed by atoms with E-state index in [4.69, 9.17) is 0 Å². The van der Waals surface area contributed by atoms with Gasteiger partial charge in [-0.25, -0.2) is 0 Å². The lowest BCUT2D eigenvalue weighted by Crippen LogP contribution is -2.42. The first-order valence-corrected chi connectivity index (χ1v) is 10.2. The van der Waals surface area contributed by atoms with Crippen LogP contribution in [-0.4, -0.2) is 34.7 Å². The fraction of sp³-hybridized carbons (Fsp3) is 0.500. The lowest BCUT2D eigenvalue weighted by molar-refractivity contribution is -0.116. The van der Waals surface area contributed by atoms with Gasteiger partial charge in [-0.15, -0.1) is 24.0 Å². The van der Waals surface area contributed by atoms with Crippen LogP contribution in [0.5, 0.6) is 0 Å². The van der Waals surface area contributed by atoms with Crippen molar-refractivity contribution in [3.63, 3.8) is 0 Å². The van der Waals surface area contributed by atoms with Crippen LogP contribution in [0.4, 0.5) is 5.69 Å². The number of aliphatic imine (C=N–C) groups is 1. The first kappa shape index (κ1) is 25.9. The molecule has 1 unspecified atom stereocenters. The maximum Gasteiger partial charge on any atom is 0.224 e. The van der Waals surface area contributed by atoms with Crippen LogP contribution in [-0.2, 0) is 24.8 Å². The van der Waals surface area contributed by atoms with Gasteiger partial charge in [0.15, 0.2) is 5.96 Å². The van der Waals surface area contributed by atoms with Crippen molar-refractivity contribution in [2.75, 3.05) is 12.4 Å². The summed E-state index contributed by atoms with van der Waals surface area (Å²) >= 11 is 0. The molecule has 2 aromatic rings. The number of halogens is 1. The number of aromatic nitrogens is 2. The predicted octanol–water partition coefficient (Wildman–Crippen LogP) is 3.69. The van der Waals surface area contributed by atoms with Crippen LogP contribution in [0.1, 0.15) is 49.2 Å². The molecule has 1 aromatic carbocycles. The lowest BCUT2D eigenvalue weighted by atomic mass is 10.1. The molecule has 7 nitrogen and oxygen atoms in total. The van der Waals surface area contributed by atoms with E-state index in [9.17, 15) is 4.79 Å². The summed E-state index contributed by atoms with van der Waals surface area (Å²) in [6.07, 6.45) is 2.25. The van der Waals surface area contributed by atoms with E-state index in [2.05, 4.69) is 46.8 Å². The van der Waals surface area contributed by atoms with Gasteiger partial charge in [-0.3, -0.25) is 14.5 Å². The number of nitrogens with one attached hydrogen (secondary N) is 3. The summed E-state index contributed by atoms with van der Waals surface area (Å²) in [6, 6.07) is 8.08. The van der Waals surface area contributed by atoms with E-state index in [0.717, 1.165) is 35.7 Å². The molecule has 0 aliphatic rings. The van der Waals surface area contributed by atoms with Crippen LogP contribution < -0.4 is 16.0 Å². The smallest absolute Gasteiger partial charge is 0.224 e. The molecule has 0 aliphatic heterocycles. The van der Waals surface area contributed by atoms with Gasteiger partial charge in [0.2, 0.25) is 5.91 Å². The van der Waals surface area contributed by atoms with Gasteiger partial charge in [-0.1, -0.05) is 19.1 Å². The number of guanidine groups is 1. The van der Waals surface area contributed by atoms with Crippen molar-refractivity contribution >= 4 is 41.5 Å². The minimum Gasteiger partial charge on any atom is -0.354 e. The van der Waals surface area contributed by atoms with Crippen LogP contribution in [0.2, 0.25) is 0 Å². The van der Waals surface area contributed by atoms with Gasteiger partial charge in [0.05, 0.1) is 5.69 Å².